The molecule has 4 heteroatoms. The molecule has 29 heavy (non-hydrogen) atoms. The Morgan fingerprint density at radius 2 is 1.55 bits per heavy atom. The van der Waals surface area contributed by atoms with Gasteiger partial charge in [-0.25, -0.2) is 0 Å². The van der Waals surface area contributed by atoms with Gasteiger partial charge >= 0.3 is 0 Å². The number of hydrogen-bond donors (Lipinski definition) is 1. The van der Waals surface area contributed by atoms with Crippen molar-refractivity contribution in [2.45, 2.75) is 12.0 Å². The zero-order valence-corrected chi connectivity index (χ0v) is 15.7. The van der Waals surface area contributed by atoms with E-state index >= 15 is 0 Å². The molecule has 1 N–H and O–H groups in total. The number of carbonyl (C=O) groups is 2. The van der Waals surface area contributed by atoms with Gasteiger partial charge in [0.25, 0.3) is 5.91 Å². The van der Waals surface area contributed by atoms with Crippen LogP contribution in [-0.4, -0.2) is 23.3 Å². The number of rotatable bonds is 5. The number of terminal acetylenes is 1. The predicted octanol–water partition coefficient (Wildman–Crippen LogP) is 3.79. The fourth-order valence-corrected chi connectivity index (χ4v) is 3.74. The third-order valence-corrected chi connectivity index (χ3v) is 5.22. The van der Waals surface area contributed by atoms with E-state index in [9.17, 15) is 14.7 Å². The van der Waals surface area contributed by atoms with Crippen LogP contribution in [0.3, 0.4) is 0 Å². The number of aliphatic hydroxyl groups is 1. The molecule has 0 saturated heterocycles. The first-order valence-electron chi connectivity index (χ1n) is 9.30. The number of ketones is 1. The molecule has 0 fully saturated rings. The van der Waals surface area contributed by atoms with Gasteiger partial charge in [0.15, 0.2) is 11.4 Å². The molecule has 0 radical (unpaired) electrons. The van der Waals surface area contributed by atoms with Crippen LogP contribution in [0, 0.1) is 12.3 Å². The quantitative estimate of drug-likeness (QED) is 0.540. The topological polar surface area (TPSA) is 57.6 Å². The number of carbonyl (C=O) groups excluding carboxylic acids is 2. The van der Waals surface area contributed by atoms with Gasteiger partial charge < -0.3 is 5.11 Å². The SMILES string of the molecule is C#CCN1C(=O)[C@@](O)(CC(=O)c2ccc(-c3ccccc3)cc2)c2ccccc21. The van der Waals surface area contributed by atoms with Crippen molar-refractivity contribution in [1.29, 1.82) is 0 Å². The molecule has 4 rings (SSSR count). The van der Waals surface area contributed by atoms with Gasteiger partial charge in [-0.2, -0.15) is 0 Å². The molecule has 0 bridgehead atoms. The van der Waals surface area contributed by atoms with Gasteiger partial charge in [-0.1, -0.05) is 78.7 Å². The van der Waals surface area contributed by atoms with Crippen molar-refractivity contribution >= 4 is 17.4 Å². The van der Waals surface area contributed by atoms with E-state index in [1.807, 2.05) is 42.5 Å². The lowest BCUT2D eigenvalue weighted by Gasteiger charge is -2.22. The highest BCUT2D eigenvalue weighted by molar-refractivity contribution is 6.11. The van der Waals surface area contributed by atoms with Crippen LogP contribution >= 0.6 is 0 Å². The lowest BCUT2D eigenvalue weighted by atomic mass is 9.88. The van der Waals surface area contributed by atoms with Gasteiger partial charge in [0.2, 0.25) is 0 Å². The van der Waals surface area contributed by atoms with Crippen LogP contribution < -0.4 is 4.90 Å². The Bertz CT molecular complexity index is 1110. The number of para-hydroxylation sites is 1. The van der Waals surface area contributed by atoms with Crippen LogP contribution in [0.15, 0.2) is 78.9 Å². The monoisotopic (exact) mass is 381 g/mol. The molecular weight excluding hydrogens is 362 g/mol. The third kappa shape index (κ3) is 3.22. The van der Waals surface area contributed by atoms with Gasteiger partial charge in [-0.15, -0.1) is 6.42 Å². The number of fused-ring (bicyclic) bond motifs is 1. The summed E-state index contributed by atoms with van der Waals surface area (Å²) in [5.41, 5.74) is 1.53. The summed E-state index contributed by atoms with van der Waals surface area (Å²) in [4.78, 5) is 27.2. The van der Waals surface area contributed by atoms with E-state index in [2.05, 4.69) is 5.92 Å². The first-order valence-corrected chi connectivity index (χ1v) is 9.30. The summed E-state index contributed by atoms with van der Waals surface area (Å²) < 4.78 is 0. The Hall–Kier alpha value is -3.68. The molecule has 0 aliphatic carbocycles. The Labute approximate surface area is 169 Å². The minimum Gasteiger partial charge on any atom is -0.375 e. The van der Waals surface area contributed by atoms with Crippen molar-refractivity contribution in [2.24, 2.45) is 0 Å². The molecular formula is C25H19NO3. The smallest absolute Gasteiger partial charge is 0.265 e. The summed E-state index contributed by atoms with van der Waals surface area (Å²) in [5, 5.41) is 11.2. The first kappa shape index (κ1) is 18.7. The predicted molar refractivity (Wildman–Crippen MR) is 112 cm³/mol. The van der Waals surface area contributed by atoms with Crippen molar-refractivity contribution < 1.29 is 14.7 Å². The van der Waals surface area contributed by atoms with Gasteiger partial charge in [-0.05, 0) is 17.2 Å². The van der Waals surface area contributed by atoms with Crippen molar-refractivity contribution in [2.75, 3.05) is 11.4 Å². The van der Waals surface area contributed by atoms with Gasteiger partial charge in [0.1, 0.15) is 0 Å². The fraction of sp³-hybridized carbons (Fsp3) is 0.120. The molecule has 142 valence electrons. The maximum absolute atomic E-state index is 12.9. The third-order valence-electron chi connectivity index (χ3n) is 5.22. The van der Waals surface area contributed by atoms with Crippen LogP contribution in [0.4, 0.5) is 5.69 Å². The zero-order valence-electron chi connectivity index (χ0n) is 15.7. The maximum atomic E-state index is 12.9. The highest BCUT2D eigenvalue weighted by Gasteiger charge is 2.50. The molecule has 1 atom stereocenters. The van der Waals surface area contributed by atoms with Gasteiger partial charge in [0.05, 0.1) is 18.7 Å². The minimum absolute atomic E-state index is 0.0398. The molecule has 4 nitrogen and oxygen atoms in total. The van der Waals surface area contributed by atoms with E-state index in [0.717, 1.165) is 11.1 Å². The van der Waals surface area contributed by atoms with Crippen molar-refractivity contribution in [3.63, 3.8) is 0 Å². The van der Waals surface area contributed by atoms with E-state index in [4.69, 9.17) is 6.42 Å². The minimum atomic E-state index is -1.91. The number of Topliss-reactive ketones (excluding diaryl/α,β-unsaturated/α-hetero) is 1. The van der Waals surface area contributed by atoms with Crippen molar-refractivity contribution in [3.05, 3.63) is 90.0 Å². The molecule has 3 aromatic carbocycles. The van der Waals surface area contributed by atoms with E-state index in [0.29, 0.717) is 16.8 Å². The number of nitrogens with zero attached hydrogens (tertiary/aromatic N) is 1. The van der Waals surface area contributed by atoms with E-state index in [1.165, 1.54) is 4.90 Å². The lowest BCUT2D eigenvalue weighted by Crippen LogP contribution is -2.42. The largest absolute Gasteiger partial charge is 0.375 e. The summed E-state index contributed by atoms with van der Waals surface area (Å²) in [6, 6.07) is 23.9. The summed E-state index contributed by atoms with van der Waals surface area (Å²) in [5.74, 6) is 1.56. The van der Waals surface area contributed by atoms with Gasteiger partial charge in [0, 0.05) is 11.1 Å². The summed E-state index contributed by atoms with van der Waals surface area (Å²) in [6.07, 6.45) is 5.04. The Balaban J connectivity index is 1.61. The zero-order chi connectivity index (χ0) is 20.4. The second-order valence-corrected chi connectivity index (χ2v) is 7.02. The van der Waals surface area contributed by atoms with Crippen LogP contribution in [0.1, 0.15) is 22.3 Å². The Morgan fingerprint density at radius 1 is 0.931 bits per heavy atom. The first-order chi connectivity index (χ1) is 14.0. The summed E-state index contributed by atoms with van der Waals surface area (Å²) >= 11 is 0. The van der Waals surface area contributed by atoms with Crippen molar-refractivity contribution in [1.82, 2.24) is 0 Å². The number of benzene rings is 3. The molecule has 1 amide bonds. The number of amides is 1. The van der Waals surface area contributed by atoms with E-state index < -0.39 is 11.5 Å². The van der Waals surface area contributed by atoms with Crippen LogP contribution in [0.5, 0.6) is 0 Å². The molecule has 1 aliphatic rings. The van der Waals surface area contributed by atoms with Crippen LogP contribution in [0.25, 0.3) is 11.1 Å². The Kier molecular flexibility index (Phi) is 4.75. The number of hydrogen-bond acceptors (Lipinski definition) is 3. The second kappa shape index (κ2) is 7.38. The lowest BCUT2D eigenvalue weighted by molar-refractivity contribution is -0.135. The summed E-state index contributed by atoms with van der Waals surface area (Å²) in [6.45, 7) is 0.0398. The molecule has 0 spiro atoms. The van der Waals surface area contributed by atoms with Crippen LogP contribution in [0.2, 0.25) is 0 Å². The maximum Gasteiger partial charge on any atom is 0.265 e. The van der Waals surface area contributed by atoms with Crippen molar-refractivity contribution in [3.8, 4) is 23.5 Å². The molecule has 0 saturated carbocycles. The molecule has 0 unspecified atom stereocenters. The highest BCUT2D eigenvalue weighted by atomic mass is 16.3. The highest BCUT2D eigenvalue weighted by Crippen LogP contribution is 2.42. The second-order valence-electron chi connectivity index (χ2n) is 7.02. The average Bonchev–Trinajstić information content (AvgIpc) is 2.97. The Morgan fingerprint density at radius 3 is 2.24 bits per heavy atom. The van der Waals surface area contributed by atoms with E-state index in [1.54, 1.807) is 36.4 Å². The normalized spacial score (nSPS) is 17.7. The molecule has 1 aliphatic heterocycles. The van der Waals surface area contributed by atoms with Gasteiger partial charge in [-0.3, -0.25) is 14.5 Å². The standard InChI is InChI=1S/C25H19NO3/c1-2-16-26-22-11-7-6-10-21(22)25(29,24(26)28)17-23(27)20-14-12-19(13-15-20)18-8-4-3-5-9-18/h1,3-15,29H,16-17H2/t25-/m1/s1. The fourth-order valence-electron chi connectivity index (χ4n) is 3.74. The molecule has 1 heterocycles. The molecule has 0 aromatic heterocycles. The average molecular weight is 381 g/mol. The number of anilines is 1. The molecule has 3 aromatic rings. The van der Waals surface area contributed by atoms with E-state index in [-0.39, 0.29) is 18.7 Å². The van der Waals surface area contributed by atoms with Crippen LogP contribution in [-0.2, 0) is 10.4 Å². The summed E-state index contributed by atoms with van der Waals surface area (Å²) in [7, 11) is 0.